The molecule has 1 aromatic carbocycles. The van der Waals surface area contributed by atoms with E-state index in [4.69, 9.17) is 25.8 Å². The van der Waals surface area contributed by atoms with E-state index in [1.807, 2.05) is 11.4 Å². The predicted molar refractivity (Wildman–Crippen MR) is 131 cm³/mol. The quantitative estimate of drug-likeness (QED) is 0.553. The number of hydrogen-bond acceptors (Lipinski definition) is 9. The first kappa shape index (κ1) is 24.0. The van der Waals surface area contributed by atoms with Crippen molar-refractivity contribution in [1.29, 1.82) is 0 Å². The van der Waals surface area contributed by atoms with E-state index < -0.39 is 5.79 Å². The van der Waals surface area contributed by atoms with Crippen LogP contribution in [0.1, 0.15) is 16.1 Å². The van der Waals surface area contributed by atoms with E-state index in [9.17, 15) is 9.90 Å². The van der Waals surface area contributed by atoms with Crippen LogP contribution in [0.4, 0.5) is 0 Å². The van der Waals surface area contributed by atoms with Crippen molar-refractivity contribution < 1.29 is 24.1 Å². The lowest BCUT2D eigenvalue weighted by molar-refractivity contribution is -0.267. The number of carbonyl (C=O) groups excluding carboxylic acids is 1. The molecule has 2 atom stereocenters. The van der Waals surface area contributed by atoms with Gasteiger partial charge >= 0.3 is 0 Å². The second kappa shape index (κ2) is 9.71. The standard InChI is InChI=1S/C24H25ClN4O5S/c1-32-18-5-3-4-17(21(18)25)23(30)28-8-9-29-14-24(31,34-12-16(29)11-28)19-13-35-22(27-19)15-6-7-20(33-2)26-10-15/h3-7,10,13,16,31H,8-9,11-12,14H2,1-2H3/t16-,24-/m0/s1. The number of piperazine rings is 1. The van der Waals surface area contributed by atoms with Crippen molar-refractivity contribution in [2.45, 2.75) is 11.8 Å². The fraction of sp³-hybridized carbons (Fsp3) is 0.375. The molecule has 2 aromatic heterocycles. The van der Waals surface area contributed by atoms with Crippen LogP contribution in [0.25, 0.3) is 10.6 Å². The van der Waals surface area contributed by atoms with Crippen molar-refractivity contribution in [3.05, 3.63) is 58.2 Å². The summed E-state index contributed by atoms with van der Waals surface area (Å²) in [6, 6.07) is 8.78. The zero-order chi connectivity index (χ0) is 24.6. The smallest absolute Gasteiger partial charge is 0.255 e. The third kappa shape index (κ3) is 4.60. The summed E-state index contributed by atoms with van der Waals surface area (Å²) in [5, 5.41) is 14.2. The number of methoxy groups -OCH3 is 2. The number of aliphatic hydroxyl groups is 1. The van der Waals surface area contributed by atoms with Crippen molar-refractivity contribution in [1.82, 2.24) is 19.8 Å². The van der Waals surface area contributed by atoms with Crippen LogP contribution in [-0.2, 0) is 10.5 Å². The Bertz CT molecular complexity index is 1220. The van der Waals surface area contributed by atoms with Crippen LogP contribution in [-0.4, -0.2) is 83.8 Å². The lowest BCUT2D eigenvalue weighted by Gasteiger charge is -2.48. The van der Waals surface area contributed by atoms with Crippen LogP contribution in [0.15, 0.2) is 41.9 Å². The maximum Gasteiger partial charge on any atom is 0.255 e. The minimum absolute atomic E-state index is 0.0405. The number of amides is 1. The predicted octanol–water partition coefficient (Wildman–Crippen LogP) is 2.88. The Morgan fingerprint density at radius 3 is 2.86 bits per heavy atom. The lowest BCUT2D eigenvalue weighted by Crippen LogP contribution is -2.63. The zero-order valence-corrected chi connectivity index (χ0v) is 20.9. The Labute approximate surface area is 211 Å². The maximum absolute atomic E-state index is 13.1. The molecular formula is C24H25ClN4O5S. The van der Waals surface area contributed by atoms with Gasteiger partial charge in [-0.25, -0.2) is 9.97 Å². The first-order valence-corrected chi connectivity index (χ1v) is 12.4. The van der Waals surface area contributed by atoms with E-state index in [1.54, 1.807) is 42.5 Å². The lowest BCUT2D eigenvalue weighted by atomic mass is 10.0. The minimum Gasteiger partial charge on any atom is -0.495 e. The van der Waals surface area contributed by atoms with Gasteiger partial charge in [-0.15, -0.1) is 11.3 Å². The Morgan fingerprint density at radius 1 is 1.26 bits per heavy atom. The Kier molecular flexibility index (Phi) is 6.65. The van der Waals surface area contributed by atoms with Gasteiger partial charge in [0.1, 0.15) is 16.5 Å². The van der Waals surface area contributed by atoms with E-state index >= 15 is 0 Å². The number of halogens is 1. The highest BCUT2D eigenvalue weighted by Crippen LogP contribution is 2.35. The molecular weight excluding hydrogens is 492 g/mol. The number of nitrogens with zero attached hydrogens (tertiary/aromatic N) is 4. The molecule has 0 aliphatic carbocycles. The van der Waals surface area contributed by atoms with Gasteiger partial charge in [-0.1, -0.05) is 17.7 Å². The highest BCUT2D eigenvalue weighted by molar-refractivity contribution is 7.13. The molecule has 9 nitrogen and oxygen atoms in total. The molecule has 0 unspecified atom stereocenters. The third-order valence-corrected chi connectivity index (χ3v) is 7.62. The molecule has 0 saturated carbocycles. The topological polar surface area (TPSA) is 97.3 Å². The van der Waals surface area contributed by atoms with Crippen molar-refractivity contribution in [2.75, 3.05) is 47.0 Å². The zero-order valence-electron chi connectivity index (χ0n) is 19.3. The number of ether oxygens (including phenoxy) is 3. The minimum atomic E-state index is -1.52. The number of pyridine rings is 1. The van der Waals surface area contributed by atoms with Crippen molar-refractivity contribution in [2.24, 2.45) is 0 Å². The number of fused-ring (bicyclic) bond motifs is 1. The highest BCUT2D eigenvalue weighted by Gasteiger charge is 2.45. The molecule has 11 heteroatoms. The number of thiazole rings is 1. The monoisotopic (exact) mass is 516 g/mol. The van der Waals surface area contributed by atoms with Crippen LogP contribution < -0.4 is 9.47 Å². The van der Waals surface area contributed by atoms with Gasteiger partial charge in [-0.2, -0.15) is 0 Å². The maximum atomic E-state index is 13.1. The van der Waals surface area contributed by atoms with Crippen molar-refractivity contribution >= 4 is 28.8 Å². The summed E-state index contributed by atoms with van der Waals surface area (Å²) in [4.78, 5) is 25.9. The SMILES string of the molecule is COc1ccc(-c2nc([C@]3(O)CN4CCN(C(=O)c5cccc(OC)c5Cl)C[C@H]4CO3)cs2)cn1. The van der Waals surface area contributed by atoms with Crippen molar-refractivity contribution in [3.63, 3.8) is 0 Å². The molecule has 1 N–H and O–H groups in total. The average Bonchev–Trinajstić information content (AvgIpc) is 3.40. The molecule has 4 heterocycles. The average molecular weight is 517 g/mol. The Hall–Kier alpha value is -2.76. The van der Waals surface area contributed by atoms with Gasteiger partial charge in [0, 0.05) is 42.8 Å². The molecule has 2 fully saturated rings. The van der Waals surface area contributed by atoms with Crippen LogP contribution in [0.3, 0.4) is 0 Å². The summed E-state index contributed by atoms with van der Waals surface area (Å²) in [7, 11) is 3.09. The molecule has 3 aromatic rings. The van der Waals surface area contributed by atoms with E-state index in [-0.39, 0.29) is 25.1 Å². The molecule has 0 bridgehead atoms. The van der Waals surface area contributed by atoms with Crippen LogP contribution in [0, 0.1) is 0 Å². The molecule has 2 aliphatic rings. The Balaban J connectivity index is 1.26. The van der Waals surface area contributed by atoms with Crippen LogP contribution >= 0.6 is 22.9 Å². The van der Waals surface area contributed by atoms with Gasteiger partial charge < -0.3 is 24.2 Å². The number of rotatable bonds is 5. The molecule has 5 rings (SSSR count). The van der Waals surface area contributed by atoms with Gasteiger partial charge in [0.2, 0.25) is 11.7 Å². The second-order valence-corrected chi connectivity index (χ2v) is 9.66. The summed E-state index contributed by atoms with van der Waals surface area (Å²) in [6.45, 7) is 2.12. The Morgan fingerprint density at radius 2 is 2.11 bits per heavy atom. The van der Waals surface area contributed by atoms with Gasteiger partial charge in [-0.05, 0) is 18.2 Å². The van der Waals surface area contributed by atoms with Crippen LogP contribution in [0.5, 0.6) is 11.6 Å². The molecule has 2 saturated heterocycles. The molecule has 0 spiro atoms. The highest BCUT2D eigenvalue weighted by atomic mass is 35.5. The van der Waals surface area contributed by atoms with E-state index in [2.05, 4.69) is 14.9 Å². The van der Waals surface area contributed by atoms with Gasteiger partial charge in [0.15, 0.2) is 0 Å². The fourth-order valence-electron chi connectivity index (χ4n) is 4.37. The number of hydrogen-bond donors (Lipinski definition) is 1. The summed E-state index contributed by atoms with van der Waals surface area (Å²) in [5.41, 5.74) is 1.71. The van der Waals surface area contributed by atoms with Gasteiger partial charge in [0.25, 0.3) is 5.91 Å². The van der Waals surface area contributed by atoms with Crippen LogP contribution in [0.2, 0.25) is 5.02 Å². The number of benzene rings is 1. The molecule has 2 aliphatic heterocycles. The normalized spacial score (nSPS) is 22.5. The molecule has 184 valence electrons. The molecule has 1 amide bonds. The van der Waals surface area contributed by atoms with E-state index in [0.717, 1.165) is 10.6 Å². The first-order valence-electron chi connectivity index (χ1n) is 11.1. The second-order valence-electron chi connectivity index (χ2n) is 8.42. The molecule has 0 radical (unpaired) electrons. The summed E-state index contributed by atoms with van der Waals surface area (Å²) in [5.74, 6) is -0.674. The van der Waals surface area contributed by atoms with E-state index in [1.165, 1.54) is 18.4 Å². The summed E-state index contributed by atoms with van der Waals surface area (Å²) < 4.78 is 16.3. The van der Waals surface area contributed by atoms with Gasteiger partial charge in [-0.3, -0.25) is 9.69 Å². The summed E-state index contributed by atoms with van der Waals surface area (Å²) in [6.07, 6.45) is 1.69. The van der Waals surface area contributed by atoms with E-state index in [0.29, 0.717) is 47.5 Å². The first-order chi connectivity index (χ1) is 16.9. The van der Waals surface area contributed by atoms with Gasteiger partial charge in [0.05, 0.1) is 44.0 Å². The molecule has 35 heavy (non-hydrogen) atoms. The number of morpholine rings is 1. The number of aromatic nitrogens is 2. The fourth-order valence-corrected chi connectivity index (χ4v) is 5.52. The number of carbonyl (C=O) groups is 1. The third-order valence-electron chi connectivity index (χ3n) is 6.33. The largest absolute Gasteiger partial charge is 0.495 e. The van der Waals surface area contributed by atoms with Crippen molar-refractivity contribution in [3.8, 4) is 22.2 Å². The summed E-state index contributed by atoms with van der Waals surface area (Å²) >= 11 is 7.79.